The van der Waals surface area contributed by atoms with E-state index in [9.17, 15) is 13.2 Å². The van der Waals surface area contributed by atoms with Crippen molar-refractivity contribution >= 4 is 54.6 Å². The van der Waals surface area contributed by atoms with Crippen LogP contribution in [0, 0.1) is 0 Å². The summed E-state index contributed by atoms with van der Waals surface area (Å²) >= 11 is 5.71. The largest absolute Gasteiger partial charge is 0.477 e. The van der Waals surface area contributed by atoms with Crippen LogP contribution in [0.25, 0.3) is 0 Å². The monoisotopic (exact) mass is 395 g/mol. The normalized spacial score (nSPS) is 11.9. The molecule has 0 saturated heterocycles. The average Bonchev–Trinajstić information content (AvgIpc) is 2.98. The van der Waals surface area contributed by atoms with Gasteiger partial charge in [-0.05, 0) is 39.0 Å². The van der Waals surface area contributed by atoms with Gasteiger partial charge in [0.15, 0.2) is 0 Å². The number of halogens is 1. The van der Waals surface area contributed by atoms with Crippen molar-refractivity contribution in [3.63, 3.8) is 0 Å². The Hall–Kier alpha value is -0.740. The molecule has 0 spiro atoms. The number of thiophene rings is 2. The molecule has 0 aliphatic carbocycles. The highest BCUT2D eigenvalue weighted by Crippen LogP contribution is 2.25. The van der Waals surface area contributed by atoms with E-state index < -0.39 is 16.0 Å². The molecule has 0 aliphatic rings. The molecule has 0 aromatic carbocycles. The summed E-state index contributed by atoms with van der Waals surface area (Å²) in [6, 6.07) is 3.04. The molecule has 0 fully saturated rings. The fourth-order valence-electron chi connectivity index (χ4n) is 1.52. The summed E-state index contributed by atoms with van der Waals surface area (Å²) in [6.07, 6.45) is 0. The van der Waals surface area contributed by atoms with Crippen LogP contribution in [0.15, 0.2) is 31.6 Å². The minimum atomic E-state index is -3.67. The molecule has 1 N–H and O–H groups in total. The molecule has 2 rings (SSSR count). The summed E-state index contributed by atoms with van der Waals surface area (Å²) in [6.45, 7) is 0.239. The summed E-state index contributed by atoms with van der Waals surface area (Å²) in [4.78, 5) is 10.8. The first-order chi connectivity index (χ1) is 9.30. The van der Waals surface area contributed by atoms with Gasteiger partial charge in [0.1, 0.15) is 4.88 Å². The number of carbonyl (C=O) groups is 1. The first-order valence-corrected chi connectivity index (χ1v) is 9.31. The maximum absolute atomic E-state index is 12.3. The summed E-state index contributed by atoms with van der Waals surface area (Å²) in [7, 11) is -2.20. The molecule has 2 aromatic heterocycles. The Morgan fingerprint density at radius 1 is 1.35 bits per heavy atom. The quantitative estimate of drug-likeness (QED) is 0.843. The molecule has 20 heavy (non-hydrogen) atoms. The van der Waals surface area contributed by atoms with Crippen LogP contribution in [0.5, 0.6) is 0 Å². The number of hydrogen-bond acceptors (Lipinski definition) is 5. The average molecular weight is 396 g/mol. The van der Waals surface area contributed by atoms with Crippen LogP contribution in [0.2, 0.25) is 0 Å². The Morgan fingerprint density at radius 2 is 2.05 bits per heavy atom. The zero-order chi connectivity index (χ0) is 14.9. The highest BCUT2D eigenvalue weighted by Gasteiger charge is 2.23. The molecule has 5 nitrogen and oxygen atoms in total. The Labute approximate surface area is 132 Å². The topological polar surface area (TPSA) is 74.7 Å². The van der Waals surface area contributed by atoms with Crippen molar-refractivity contribution in [3.05, 3.63) is 37.1 Å². The predicted molar refractivity (Wildman–Crippen MR) is 82.0 cm³/mol. The summed E-state index contributed by atoms with van der Waals surface area (Å²) in [5.74, 6) is -1.12. The van der Waals surface area contributed by atoms with Gasteiger partial charge in [0, 0.05) is 19.0 Å². The van der Waals surface area contributed by atoms with Gasteiger partial charge in [-0.2, -0.15) is 4.31 Å². The highest BCUT2D eigenvalue weighted by atomic mass is 79.9. The van der Waals surface area contributed by atoms with Gasteiger partial charge in [-0.1, -0.05) is 0 Å². The van der Waals surface area contributed by atoms with Gasteiger partial charge in [0.25, 0.3) is 0 Å². The van der Waals surface area contributed by atoms with Crippen molar-refractivity contribution in [1.82, 2.24) is 4.31 Å². The van der Waals surface area contributed by atoms with Crippen molar-refractivity contribution in [2.45, 2.75) is 11.4 Å². The summed E-state index contributed by atoms with van der Waals surface area (Å²) < 4.78 is 26.8. The number of hydrogen-bond donors (Lipinski definition) is 1. The third-order valence-corrected chi connectivity index (χ3v) is 6.92. The van der Waals surface area contributed by atoms with Gasteiger partial charge in [0.2, 0.25) is 10.0 Å². The third kappa shape index (κ3) is 3.29. The molecule has 0 saturated carbocycles. The van der Waals surface area contributed by atoms with E-state index in [1.54, 1.807) is 0 Å². The van der Waals surface area contributed by atoms with Crippen molar-refractivity contribution < 1.29 is 18.3 Å². The minimum absolute atomic E-state index is 0.00949. The Bertz CT molecular complexity index is 734. The molecule has 0 aliphatic heterocycles. The number of nitrogens with zero attached hydrogens (tertiary/aromatic N) is 1. The second-order valence-corrected chi connectivity index (χ2v) is 9.22. The van der Waals surface area contributed by atoms with Crippen LogP contribution in [0.3, 0.4) is 0 Å². The molecule has 108 valence electrons. The number of sulfonamides is 1. The SMILES string of the molecule is CN(Cc1csc(Br)c1)S(=O)(=O)c1csc(C(=O)O)c1. The van der Waals surface area contributed by atoms with Gasteiger partial charge < -0.3 is 5.11 Å². The van der Waals surface area contributed by atoms with Crippen LogP contribution in [0.4, 0.5) is 0 Å². The van der Waals surface area contributed by atoms with Crippen LogP contribution in [-0.2, 0) is 16.6 Å². The fraction of sp³-hybridized carbons (Fsp3) is 0.182. The van der Waals surface area contributed by atoms with Gasteiger partial charge in [-0.15, -0.1) is 22.7 Å². The maximum atomic E-state index is 12.3. The van der Waals surface area contributed by atoms with Crippen LogP contribution in [0.1, 0.15) is 15.2 Å². The Kier molecular flexibility index (Phi) is 4.65. The smallest absolute Gasteiger partial charge is 0.345 e. The van der Waals surface area contributed by atoms with E-state index in [0.717, 1.165) is 20.7 Å². The lowest BCUT2D eigenvalue weighted by atomic mass is 10.3. The van der Waals surface area contributed by atoms with E-state index in [2.05, 4.69) is 15.9 Å². The van der Waals surface area contributed by atoms with E-state index >= 15 is 0 Å². The van der Waals surface area contributed by atoms with E-state index in [-0.39, 0.29) is 16.3 Å². The van der Waals surface area contributed by atoms with E-state index in [1.807, 2.05) is 11.4 Å². The van der Waals surface area contributed by atoms with Crippen molar-refractivity contribution in [2.24, 2.45) is 0 Å². The van der Waals surface area contributed by atoms with Gasteiger partial charge in [-0.3, -0.25) is 0 Å². The predicted octanol–water partition coefficient (Wildman–Crippen LogP) is 3.09. The van der Waals surface area contributed by atoms with Crippen LogP contribution in [-0.4, -0.2) is 30.8 Å². The summed E-state index contributed by atoms with van der Waals surface area (Å²) in [5, 5.41) is 12.1. The lowest BCUT2D eigenvalue weighted by Crippen LogP contribution is -2.25. The van der Waals surface area contributed by atoms with Gasteiger partial charge >= 0.3 is 5.97 Å². The zero-order valence-corrected chi connectivity index (χ0v) is 14.3. The third-order valence-electron chi connectivity index (χ3n) is 2.52. The zero-order valence-electron chi connectivity index (χ0n) is 10.2. The molecule has 0 radical (unpaired) electrons. The second kappa shape index (κ2) is 5.94. The molecule has 0 atom stereocenters. The first kappa shape index (κ1) is 15.6. The molecule has 0 unspecified atom stereocenters. The molecular formula is C11H10BrNO4S3. The number of aromatic carboxylic acids is 1. The van der Waals surface area contributed by atoms with E-state index in [0.29, 0.717) is 0 Å². The van der Waals surface area contributed by atoms with E-state index in [4.69, 9.17) is 5.11 Å². The standard InChI is InChI=1S/C11H10BrNO4S3/c1-13(4-7-2-10(12)19-5-7)20(16,17)8-3-9(11(14)15)18-6-8/h2-3,5-6H,4H2,1H3,(H,14,15). The fourth-order valence-corrected chi connectivity index (χ4v) is 4.98. The molecule has 0 bridgehead atoms. The molecule has 2 heterocycles. The lowest BCUT2D eigenvalue weighted by Gasteiger charge is -2.15. The molecular weight excluding hydrogens is 386 g/mol. The Balaban J connectivity index is 2.22. The van der Waals surface area contributed by atoms with Crippen molar-refractivity contribution in [1.29, 1.82) is 0 Å². The number of rotatable bonds is 5. The van der Waals surface area contributed by atoms with Gasteiger partial charge in [0.05, 0.1) is 8.68 Å². The Morgan fingerprint density at radius 3 is 2.55 bits per heavy atom. The lowest BCUT2D eigenvalue weighted by molar-refractivity contribution is 0.0702. The maximum Gasteiger partial charge on any atom is 0.345 e. The van der Waals surface area contributed by atoms with Crippen molar-refractivity contribution in [2.75, 3.05) is 7.05 Å². The number of carboxylic acid groups (broad SMARTS) is 1. The number of carboxylic acids is 1. The molecule has 9 heteroatoms. The second-order valence-electron chi connectivity index (χ2n) is 3.97. The molecule has 2 aromatic rings. The van der Waals surface area contributed by atoms with Gasteiger partial charge in [-0.25, -0.2) is 13.2 Å². The van der Waals surface area contributed by atoms with Crippen LogP contribution < -0.4 is 0 Å². The highest BCUT2D eigenvalue weighted by molar-refractivity contribution is 9.11. The van der Waals surface area contributed by atoms with Crippen LogP contribution >= 0.6 is 38.6 Å². The summed E-state index contributed by atoms with van der Waals surface area (Å²) in [5.41, 5.74) is 0.877. The van der Waals surface area contributed by atoms with Crippen molar-refractivity contribution in [3.8, 4) is 0 Å². The molecule has 0 amide bonds. The minimum Gasteiger partial charge on any atom is -0.477 e. The first-order valence-electron chi connectivity index (χ1n) is 5.32. The van der Waals surface area contributed by atoms with E-state index in [1.165, 1.54) is 34.1 Å².